The molecule has 0 spiro atoms. The van der Waals surface area contributed by atoms with Crippen LogP contribution in [-0.4, -0.2) is 53.9 Å². The molecule has 3 rings (SSSR count). The molecule has 0 unspecified atom stereocenters. The molecule has 3 N–H and O–H groups in total. The Morgan fingerprint density at radius 3 is 1.50 bits per heavy atom. The third-order valence-corrected chi connectivity index (χ3v) is 6.13. The Hall–Kier alpha value is -2.56. The highest BCUT2D eigenvalue weighted by Crippen LogP contribution is 2.35. The van der Waals surface area contributed by atoms with E-state index in [0.717, 1.165) is 6.07 Å². The third-order valence-electron chi connectivity index (χ3n) is 3.12. The average molecular weight is 449 g/mol. The van der Waals surface area contributed by atoms with E-state index < -0.39 is 45.0 Å². The monoisotopic (exact) mass is 449 g/mol. The fourth-order valence-corrected chi connectivity index (χ4v) is 5.57. The minimum absolute atomic E-state index is 0.0878. The number of benzene rings is 2. The maximum absolute atomic E-state index is 11.5. The largest absolute Gasteiger partial charge is 0.297 e. The van der Waals surface area contributed by atoms with Gasteiger partial charge in [-0.15, -0.1) is 0 Å². The zero-order valence-electron chi connectivity index (χ0n) is 13.5. The Bertz CT molecular complexity index is 1300. The second-order valence-corrected chi connectivity index (χ2v) is 9.08. The van der Waals surface area contributed by atoms with E-state index in [4.69, 9.17) is 9.11 Å². The second kappa shape index (κ2) is 7.82. The Morgan fingerprint density at radius 1 is 0.643 bits per heavy atom. The first-order valence-electron chi connectivity index (χ1n) is 6.86. The van der Waals surface area contributed by atoms with Crippen molar-refractivity contribution in [3.05, 3.63) is 49.3 Å². The van der Waals surface area contributed by atoms with Crippen LogP contribution in [0.2, 0.25) is 0 Å². The van der Waals surface area contributed by atoms with Gasteiger partial charge in [-0.1, -0.05) is 24.3 Å². The Morgan fingerprint density at radius 2 is 1.11 bits per heavy atom. The summed E-state index contributed by atoms with van der Waals surface area (Å²) >= 11 is 0. The van der Waals surface area contributed by atoms with Gasteiger partial charge >= 0.3 is 0 Å². The molecule has 0 bridgehead atoms. The van der Waals surface area contributed by atoms with Crippen LogP contribution >= 0.6 is 0 Å². The van der Waals surface area contributed by atoms with Crippen molar-refractivity contribution in [2.45, 2.75) is 14.7 Å². The van der Waals surface area contributed by atoms with Crippen molar-refractivity contribution in [2.24, 2.45) is 0 Å². The summed E-state index contributed by atoms with van der Waals surface area (Å²) in [5.41, 5.74) is 0. The highest BCUT2D eigenvalue weighted by Gasteiger charge is 2.34. The van der Waals surface area contributed by atoms with Crippen LogP contribution in [0.5, 0.6) is 0 Å². The molecule has 28 heavy (non-hydrogen) atoms. The van der Waals surface area contributed by atoms with E-state index in [-0.39, 0.29) is 10.8 Å². The van der Waals surface area contributed by atoms with Crippen LogP contribution in [0.25, 0.3) is 10.8 Å². The summed E-state index contributed by atoms with van der Waals surface area (Å²) in [5, 5.41) is -0.430. The number of rotatable bonds is 3. The molecular weight excluding hydrogens is 438 g/mol. The van der Waals surface area contributed by atoms with E-state index >= 15 is 0 Å². The maximum Gasteiger partial charge on any atom is 0.297 e. The molecule has 0 aliphatic carbocycles. The van der Waals surface area contributed by atoms with Crippen molar-refractivity contribution < 1.29 is 38.9 Å². The molecule has 3 aromatic rings. The lowest BCUT2D eigenvalue weighted by molar-refractivity contribution is 0.457. The minimum atomic E-state index is -5.40. The molecule has 0 saturated carbocycles. The van der Waals surface area contributed by atoms with Crippen molar-refractivity contribution in [1.29, 1.82) is 0 Å². The summed E-state index contributed by atoms with van der Waals surface area (Å²) in [6, 6.07) is 5.69. The molecule has 1 heterocycles. The molecule has 0 amide bonds. The number of hydrogen-bond donors (Lipinski definition) is 3. The van der Waals surface area contributed by atoms with Gasteiger partial charge in [-0.05, 0) is 11.5 Å². The fourth-order valence-electron chi connectivity index (χ4n) is 2.17. The SMILES string of the molecule is O=S(=O)(O)c1cc2ccccc2c(S(=O)(=O)O)c1S(=O)(=O)O.c1ncncn1. The minimum Gasteiger partial charge on any atom is -0.282 e. The molecule has 0 radical (unpaired) electrons. The van der Waals surface area contributed by atoms with Crippen LogP contribution in [0, 0.1) is 0 Å². The average Bonchev–Trinajstić information content (AvgIpc) is 2.59. The van der Waals surface area contributed by atoms with Gasteiger partial charge in [0.2, 0.25) is 0 Å². The van der Waals surface area contributed by atoms with Crippen molar-refractivity contribution in [3.63, 3.8) is 0 Å². The van der Waals surface area contributed by atoms with Crippen LogP contribution in [0.4, 0.5) is 0 Å². The van der Waals surface area contributed by atoms with E-state index in [1.165, 1.54) is 37.2 Å². The van der Waals surface area contributed by atoms with Gasteiger partial charge in [0.25, 0.3) is 30.4 Å². The van der Waals surface area contributed by atoms with Crippen LogP contribution < -0.4 is 0 Å². The van der Waals surface area contributed by atoms with E-state index in [1.54, 1.807) is 0 Å². The molecule has 12 nitrogen and oxygen atoms in total. The van der Waals surface area contributed by atoms with Gasteiger partial charge in [-0.25, -0.2) is 15.0 Å². The van der Waals surface area contributed by atoms with Gasteiger partial charge < -0.3 is 0 Å². The molecule has 150 valence electrons. The zero-order chi connectivity index (χ0) is 21.2. The number of nitrogens with zero attached hydrogens (tertiary/aromatic N) is 3. The first-order valence-corrected chi connectivity index (χ1v) is 11.2. The summed E-state index contributed by atoms with van der Waals surface area (Å²) in [4.78, 5) is 6.38. The standard InChI is InChI=1S/C10H8O9S3.C3H3N3/c11-20(12,13)8-5-6-3-1-2-4-7(6)9(21(14,15)16)10(8)22(17,18)19;1-4-2-6-3-5-1/h1-5H,(H,11,12,13)(H,14,15,16)(H,17,18,19);1-3H. The smallest absolute Gasteiger partial charge is 0.282 e. The molecule has 0 fully saturated rings. The van der Waals surface area contributed by atoms with Crippen LogP contribution in [0.1, 0.15) is 0 Å². The molecule has 0 aliphatic heterocycles. The van der Waals surface area contributed by atoms with Crippen molar-refractivity contribution >= 4 is 41.1 Å². The highest BCUT2D eigenvalue weighted by molar-refractivity contribution is 7.90. The summed E-state index contributed by atoms with van der Waals surface area (Å²) in [5.74, 6) is 0. The van der Waals surface area contributed by atoms with Gasteiger partial charge in [0.1, 0.15) is 33.7 Å². The number of hydrogen-bond acceptors (Lipinski definition) is 9. The summed E-state index contributed by atoms with van der Waals surface area (Å²) in [6.45, 7) is 0. The lowest BCUT2D eigenvalue weighted by Crippen LogP contribution is -2.15. The van der Waals surface area contributed by atoms with Crippen molar-refractivity contribution in [1.82, 2.24) is 15.0 Å². The lowest BCUT2D eigenvalue weighted by atomic mass is 10.1. The zero-order valence-corrected chi connectivity index (χ0v) is 15.9. The third kappa shape index (κ3) is 5.03. The molecule has 2 aromatic carbocycles. The molecular formula is C13H11N3O9S3. The van der Waals surface area contributed by atoms with Gasteiger partial charge in [0, 0.05) is 5.39 Å². The van der Waals surface area contributed by atoms with Crippen molar-refractivity contribution in [3.8, 4) is 0 Å². The molecule has 0 atom stereocenters. The predicted molar refractivity (Wildman–Crippen MR) is 93.2 cm³/mol. The van der Waals surface area contributed by atoms with E-state index in [1.807, 2.05) is 0 Å². The van der Waals surface area contributed by atoms with Gasteiger partial charge in [0.15, 0.2) is 0 Å². The summed E-state index contributed by atoms with van der Waals surface area (Å²) < 4.78 is 96.0. The van der Waals surface area contributed by atoms with Gasteiger partial charge in [-0.3, -0.25) is 13.7 Å². The van der Waals surface area contributed by atoms with E-state index in [0.29, 0.717) is 6.07 Å². The topological polar surface area (TPSA) is 202 Å². The number of aromatic nitrogens is 3. The Labute approximate surface area is 159 Å². The first-order chi connectivity index (χ1) is 12.8. The highest BCUT2D eigenvalue weighted by atomic mass is 32.2. The van der Waals surface area contributed by atoms with Crippen LogP contribution in [0.15, 0.2) is 64.0 Å². The van der Waals surface area contributed by atoms with Crippen LogP contribution in [-0.2, 0) is 30.4 Å². The fraction of sp³-hybridized carbons (Fsp3) is 0. The number of fused-ring (bicyclic) bond motifs is 1. The maximum atomic E-state index is 11.5. The molecule has 1 aromatic heterocycles. The normalized spacial score (nSPS) is 12.2. The van der Waals surface area contributed by atoms with Gasteiger partial charge in [-0.2, -0.15) is 25.3 Å². The Kier molecular flexibility index (Phi) is 6.07. The van der Waals surface area contributed by atoms with E-state index in [9.17, 15) is 29.8 Å². The molecule has 0 aliphatic rings. The summed E-state index contributed by atoms with van der Waals surface area (Å²) in [7, 11) is -15.8. The van der Waals surface area contributed by atoms with Gasteiger partial charge in [0.05, 0.1) is 0 Å². The molecule has 0 saturated heterocycles. The lowest BCUT2D eigenvalue weighted by Gasteiger charge is -2.12. The van der Waals surface area contributed by atoms with Crippen molar-refractivity contribution in [2.75, 3.05) is 0 Å². The predicted octanol–water partition coefficient (Wildman–Crippen LogP) is 0.452. The first kappa shape index (κ1) is 21.7. The second-order valence-electron chi connectivity index (χ2n) is 4.97. The Balaban J connectivity index is 0.000000397. The van der Waals surface area contributed by atoms with E-state index in [2.05, 4.69) is 15.0 Å². The van der Waals surface area contributed by atoms with Crippen LogP contribution in [0.3, 0.4) is 0 Å². The molecule has 15 heteroatoms. The summed E-state index contributed by atoms with van der Waals surface area (Å²) in [6.07, 6.45) is 4.31. The quantitative estimate of drug-likeness (QED) is 0.467.